The molecule has 41 heavy (non-hydrogen) atoms. The van der Waals surface area contributed by atoms with Gasteiger partial charge in [0.15, 0.2) is 0 Å². The van der Waals surface area contributed by atoms with Crippen LogP contribution in [0.4, 0.5) is 0 Å². The van der Waals surface area contributed by atoms with E-state index in [-0.39, 0.29) is 41.8 Å². The van der Waals surface area contributed by atoms with Gasteiger partial charge in [0, 0.05) is 57.7 Å². The molecule has 0 aliphatic carbocycles. The largest absolute Gasteiger partial charge is 0.379 e. The van der Waals surface area contributed by atoms with Crippen LogP contribution in [0.25, 0.3) is 0 Å². The van der Waals surface area contributed by atoms with Crippen molar-refractivity contribution in [2.75, 3.05) is 66.6 Å². The Morgan fingerprint density at radius 1 is 1.17 bits per heavy atom. The van der Waals surface area contributed by atoms with Crippen LogP contribution < -0.4 is 10.6 Å². The number of aromatic nitrogens is 1. The predicted octanol–water partition coefficient (Wildman–Crippen LogP) is 1.90. The first-order chi connectivity index (χ1) is 19.8. The van der Waals surface area contributed by atoms with Crippen molar-refractivity contribution in [3.8, 4) is 0 Å². The number of thiazole rings is 1. The van der Waals surface area contributed by atoms with Crippen LogP contribution in [0.2, 0.25) is 0 Å². The number of carbonyl (C=O) groups excluding carboxylic acids is 3. The van der Waals surface area contributed by atoms with Gasteiger partial charge in [0.1, 0.15) is 22.8 Å². The Morgan fingerprint density at radius 3 is 2.68 bits per heavy atom. The zero-order valence-corrected chi connectivity index (χ0v) is 25.9. The molecule has 3 fully saturated rings. The van der Waals surface area contributed by atoms with Crippen molar-refractivity contribution in [1.82, 2.24) is 30.3 Å². The Hall–Kier alpha value is -2.12. The molecule has 11 nitrogen and oxygen atoms in total. The highest BCUT2D eigenvalue weighted by Gasteiger charge is 2.37. The molecule has 230 valence electrons. The molecule has 1 aromatic heterocycles. The van der Waals surface area contributed by atoms with E-state index < -0.39 is 6.04 Å². The van der Waals surface area contributed by atoms with Gasteiger partial charge in [-0.05, 0) is 38.8 Å². The smallest absolute Gasteiger partial charge is 0.270 e. The lowest BCUT2D eigenvalue weighted by Gasteiger charge is -2.38. The van der Waals surface area contributed by atoms with Gasteiger partial charge in [0.25, 0.3) is 5.91 Å². The first kappa shape index (κ1) is 31.8. The molecule has 0 spiro atoms. The Balaban J connectivity index is 1.32. The lowest BCUT2D eigenvalue weighted by molar-refractivity contribution is -0.142. The zero-order chi connectivity index (χ0) is 29.4. The second-order valence-corrected chi connectivity index (χ2v) is 12.5. The first-order valence-electron chi connectivity index (χ1n) is 15.2. The maximum absolute atomic E-state index is 13.8. The van der Waals surface area contributed by atoms with Gasteiger partial charge in [0.2, 0.25) is 11.8 Å². The molecule has 3 aliphatic rings. The number of carbonyl (C=O) groups is 3. The minimum atomic E-state index is -0.568. The number of nitrogens with one attached hydrogen (secondary N) is 2. The van der Waals surface area contributed by atoms with Gasteiger partial charge in [-0.15, -0.1) is 11.3 Å². The summed E-state index contributed by atoms with van der Waals surface area (Å²) in [6, 6.07) is -0.796. The van der Waals surface area contributed by atoms with E-state index in [9.17, 15) is 14.4 Å². The van der Waals surface area contributed by atoms with Crippen LogP contribution in [0.1, 0.15) is 74.0 Å². The summed E-state index contributed by atoms with van der Waals surface area (Å²) in [6.45, 7) is 10.1. The van der Waals surface area contributed by atoms with Crippen molar-refractivity contribution in [2.45, 2.75) is 76.6 Å². The second kappa shape index (κ2) is 15.4. The quantitative estimate of drug-likeness (QED) is 0.400. The summed E-state index contributed by atoms with van der Waals surface area (Å²) in [5.74, 6) is -0.281. The first-order valence-corrected chi connectivity index (χ1v) is 16.1. The van der Waals surface area contributed by atoms with E-state index in [1.165, 1.54) is 11.3 Å². The minimum absolute atomic E-state index is 0.0155. The third-order valence-corrected chi connectivity index (χ3v) is 9.79. The summed E-state index contributed by atoms with van der Waals surface area (Å²) >= 11 is 1.42. The highest BCUT2D eigenvalue weighted by atomic mass is 32.1. The summed E-state index contributed by atoms with van der Waals surface area (Å²) in [6.07, 6.45) is 4.77. The summed E-state index contributed by atoms with van der Waals surface area (Å²) in [5, 5.41) is 8.61. The van der Waals surface area contributed by atoms with Gasteiger partial charge in [-0.3, -0.25) is 24.2 Å². The number of morpholine rings is 1. The fourth-order valence-electron chi connectivity index (χ4n) is 5.82. The molecule has 4 rings (SSSR count). The van der Waals surface area contributed by atoms with Crippen molar-refractivity contribution in [3.05, 3.63) is 16.1 Å². The average Bonchev–Trinajstić information content (AvgIpc) is 3.50. The van der Waals surface area contributed by atoms with Crippen LogP contribution in [-0.4, -0.2) is 122 Å². The molecule has 0 aromatic carbocycles. The Kier molecular flexibility index (Phi) is 11.9. The van der Waals surface area contributed by atoms with E-state index in [4.69, 9.17) is 9.47 Å². The third kappa shape index (κ3) is 8.47. The molecule has 4 heterocycles. The molecule has 0 saturated carbocycles. The Bertz CT molecular complexity index is 1020. The second-order valence-electron chi connectivity index (χ2n) is 11.6. The van der Waals surface area contributed by atoms with Crippen LogP contribution in [-0.2, 0) is 19.1 Å². The molecule has 2 N–H and O–H groups in total. The summed E-state index contributed by atoms with van der Waals surface area (Å²) in [4.78, 5) is 50.4. The molecule has 12 heteroatoms. The van der Waals surface area contributed by atoms with Gasteiger partial charge in [0.05, 0.1) is 19.3 Å². The fraction of sp³-hybridized carbons (Fsp3) is 0.793. The summed E-state index contributed by atoms with van der Waals surface area (Å²) in [7, 11) is 3.82. The van der Waals surface area contributed by atoms with Gasteiger partial charge in [-0.2, -0.15) is 0 Å². The molecular weight excluding hydrogens is 544 g/mol. The third-order valence-electron chi connectivity index (χ3n) is 8.85. The van der Waals surface area contributed by atoms with Crippen molar-refractivity contribution in [3.63, 3.8) is 0 Å². The summed E-state index contributed by atoms with van der Waals surface area (Å²) < 4.78 is 11.4. The highest BCUT2D eigenvalue weighted by Crippen LogP contribution is 2.32. The Labute approximate surface area is 248 Å². The zero-order valence-electron chi connectivity index (χ0n) is 25.1. The molecule has 0 unspecified atom stereocenters. The monoisotopic (exact) mass is 592 g/mol. The van der Waals surface area contributed by atoms with Crippen molar-refractivity contribution >= 4 is 29.1 Å². The van der Waals surface area contributed by atoms with Crippen LogP contribution in [0.3, 0.4) is 0 Å². The maximum atomic E-state index is 13.8. The van der Waals surface area contributed by atoms with E-state index in [2.05, 4.69) is 25.4 Å². The maximum Gasteiger partial charge on any atom is 0.270 e. The molecule has 0 radical (unpaired) electrons. The number of likely N-dealkylation sites (tertiary alicyclic amines) is 1. The average molecular weight is 593 g/mol. The van der Waals surface area contributed by atoms with Gasteiger partial charge < -0.3 is 25.0 Å². The number of rotatable bonds is 11. The fourth-order valence-corrected chi connectivity index (χ4v) is 6.68. The van der Waals surface area contributed by atoms with Gasteiger partial charge in [-0.1, -0.05) is 26.7 Å². The molecular formula is C29H48N6O5S. The number of hydrogen-bond acceptors (Lipinski definition) is 9. The molecule has 0 bridgehead atoms. The molecule has 5 atom stereocenters. The number of hydrogen-bond donors (Lipinski definition) is 2. The normalized spacial score (nSPS) is 25.7. The number of piperidine rings is 1. The SMILES string of the molecule is CC[C@H](C)[C@H](NC(=O)[C@H]1CCCCN1C)C(=O)N(C)[C@H]1CCO[C@@H](c2nc(C(=O)NCCN3CCOCC3)cs2)C1. The standard InChI is InChI=1S/C29H48N6O5S/c1-5-20(2)25(32-27(37)23-8-6-7-11-33(23)3)29(38)34(4)21-9-15-40-24(18-21)28-31-22(19-41-28)26(36)30-10-12-35-13-16-39-17-14-35/h19-21,23-25H,5-18H2,1-4H3,(H,30,36)(H,32,37)/t20-,21-,23+,24+,25-/m0/s1. The minimum Gasteiger partial charge on any atom is -0.379 e. The number of likely N-dealkylation sites (N-methyl/N-ethyl adjacent to an activating group) is 2. The summed E-state index contributed by atoms with van der Waals surface area (Å²) in [5.41, 5.74) is 0.398. The van der Waals surface area contributed by atoms with E-state index in [1.54, 1.807) is 10.3 Å². The van der Waals surface area contributed by atoms with E-state index in [0.29, 0.717) is 31.7 Å². The van der Waals surface area contributed by atoms with E-state index >= 15 is 0 Å². The van der Waals surface area contributed by atoms with E-state index in [0.717, 1.165) is 70.1 Å². The van der Waals surface area contributed by atoms with Crippen LogP contribution in [0, 0.1) is 5.92 Å². The lowest BCUT2D eigenvalue weighted by Crippen LogP contribution is -2.57. The molecule has 3 saturated heterocycles. The highest BCUT2D eigenvalue weighted by molar-refractivity contribution is 7.09. The van der Waals surface area contributed by atoms with E-state index in [1.807, 2.05) is 27.9 Å². The number of nitrogens with zero attached hydrogens (tertiary/aromatic N) is 4. The van der Waals surface area contributed by atoms with Gasteiger partial charge in [-0.25, -0.2) is 4.98 Å². The molecule has 1 aromatic rings. The number of amides is 3. The van der Waals surface area contributed by atoms with Crippen molar-refractivity contribution in [2.24, 2.45) is 5.92 Å². The lowest BCUT2D eigenvalue weighted by atomic mass is 9.94. The van der Waals surface area contributed by atoms with Crippen LogP contribution >= 0.6 is 11.3 Å². The molecule has 3 aliphatic heterocycles. The van der Waals surface area contributed by atoms with Gasteiger partial charge >= 0.3 is 0 Å². The van der Waals surface area contributed by atoms with Crippen molar-refractivity contribution in [1.29, 1.82) is 0 Å². The van der Waals surface area contributed by atoms with Crippen LogP contribution in [0.15, 0.2) is 5.38 Å². The topological polar surface area (TPSA) is 116 Å². The van der Waals surface area contributed by atoms with Crippen molar-refractivity contribution < 1.29 is 23.9 Å². The molecule has 3 amide bonds. The van der Waals surface area contributed by atoms with Crippen LogP contribution in [0.5, 0.6) is 0 Å². The number of ether oxygens (including phenoxy) is 2. The Morgan fingerprint density at radius 2 is 1.95 bits per heavy atom. The predicted molar refractivity (Wildman–Crippen MR) is 158 cm³/mol.